The maximum Gasteiger partial charge on any atom is 0.320 e. The van der Waals surface area contributed by atoms with E-state index < -0.39 is 5.41 Å². The van der Waals surface area contributed by atoms with Crippen LogP contribution in [-0.2, 0) is 14.9 Å². The van der Waals surface area contributed by atoms with Crippen molar-refractivity contribution in [3.8, 4) is 0 Å². The number of carbonyl (C=O) groups excluding carboxylic acids is 1. The molecule has 4 rings (SSSR count). The minimum atomic E-state index is -0.742. The van der Waals surface area contributed by atoms with Gasteiger partial charge in [-0.1, -0.05) is 60.7 Å². The van der Waals surface area contributed by atoms with Crippen molar-refractivity contribution < 1.29 is 9.53 Å². The van der Waals surface area contributed by atoms with Gasteiger partial charge in [0.25, 0.3) is 0 Å². The van der Waals surface area contributed by atoms with Gasteiger partial charge in [-0.25, -0.2) is 0 Å². The molecule has 3 heteroatoms. The Hall–Kier alpha value is -2.13. The third-order valence-corrected chi connectivity index (χ3v) is 7.07. The molecule has 0 bridgehead atoms. The lowest BCUT2D eigenvalue weighted by molar-refractivity contribution is -0.146. The van der Waals surface area contributed by atoms with Gasteiger partial charge in [0.05, 0.1) is 7.11 Å². The molecule has 2 aliphatic rings. The first kappa shape index (κ1) is 19.2. The third-order valence-electron chi connectivity index (χ3n) is 7.07. The molecule has 0 spiro atoms. The number of piperidine rings is 1. The van der Waals surface area contributed by atoms with Gasteiger partial charge in [0.1, 0.15) is 5.41 Å². The van der Waals surface area contributed by atoms with E-state index in [4.69, 9.17) is 4.74 Å². The molecular formula is C25H31NO2. The third kappa shape index (κ3) is 3.37. The highest BCUT2D eigenvalue weighted by molar-refractivity contribution is 5.87. The first-order chi connectivity index (χ1) is 13.6. The second kappa shape index (κ2) is 8.08. The van der Waals surface area contributed by atoms with E-state index in [0.29, 0.717) is 12.0 Å². The molecule has 1 aliphatic carbocycles. The van der Waals surface area contributed by atoms with E-state index in [0.717, 1.165) is 23.5 Å². The quantitative estimate of drug-likeness (QED) is 0.710. The van der Waals surface area contributed by atoms with Gasteiger partial charge >= 0.3 is 5.97 Å². The van der Waals surface area contributed by atoms with Crippen molar-refractivity contribution in [2.24, 2.45) is 11.8 Å². The number of carbonyl (C=O) groups is 1. The summed E-state index contributed by atoms with van der Waals surface area (Å²) in [5.41, 5.74) is 1.33. The van der Waals surface area contributed by atoms with Gasteiger partial charge < -0.3 is 9.64 Å². The molecule has 3 atom stereocenters. The van der Waals surface area contributed by atoms with Crippen LogP contribution in [0.15, 0.2) is 60.7 Å². The van der Waals surface area contributed by atoms with Crippen molar-refractivity contribution >= 4 is 5.97 Å². The summed E-state index contributed by atoms with van der Waals surface area (Å²) in [6.45, 7) is 1.20. The molecule has 1 saturated carbocycles. The zero-order valence-electron chi connectivity index (χ0n) is 17.0. The summed E-state index contributed by atoms with van der Waals surface area (Å²) < 4.78 is 5.43. The fraction of sp³-hybridized carbons (Fsp3) is 0.480. The average Bonchev–Trinajstić information content (AvgIpc) is 3.17. The monoisotopic (exact) mass is 377 g/mol. The highest BCUT2D eigenvalue weighted by atomic mass is 16.5. The fourth-order valence-electron chi connectivity index (χ4n) is 5.77. The smallest absolute Gasteiger partial charge is 0.320 e. The first-order valence-electron chi connectivity index (χ1n) is 10.5. The van der Waals surface area contributed by atoms with Crippen LogP contribution in [-0.4, -0.2) is 37.6 Å². The first-order valence-corrected chi connectivity index (χ1v) is 10.5. The zero-order valence-corrected chi connectivity index (χ0v) is 17.0. The lowest BCUT2D eigenvalue weighted by Gasteiger charge is -2.35. The van der Waals surface area contributed by atoms with E-state index in [1.54, 1.807) is 0 Å². The van der Waals surface area contributed by atoms with Crippen LogP contribution in [0.2, 0.25) is 0 Å². The number of hydrogen-bond acceptors (Lipinski definition) is 3. The zero-order chi connectivity index (χ0) is 19.6. The molecule has 1 saturated heterocycles. The number of ether oxygens (including phenoxy) is 1. The van der Waals surface area contributed by atoms with Gasteiger partial charge in [-0.2, -0.15) is 0 Å². The van der Waals surface area contributed by atoms with E-state index in [1.165, 1.54) is 39.3 Å². The predicted octanol–water partition coefficient (Wildman–Crippen LogP) is 4.66. The van der Waals surface area contributed by atoms with Crippen molar-refractivity contribution in [3.05, 3.63) is 71.8 Å². The number of rotatable bonds is 5. The van der Waals surface area contributed by atoms with E-state index in [-0.39, 0.29) is 5.97 Å². The number of methoxy groups -OCH3 is 1. The van der Waals surface area contributed by atoms with E-state index in [9.17, 15) is 4.79 Å². The molecule has 0 radical (unpaired) electrons. The molecular weight excluding hydrogens is 346 g/mol. The fourth-order valence-corrected chi connectivity index (χ4v) is 5.77. The van der Waals surface area contributed by atoms with Crippen molar-refractivity contribution in [1.29, 1.82) is 0 Å². The summed E-state index contributed by atoms with van der Waals surface area (Å²) in [7, 11) is 3.78. The summed E-state index contributed by atoms with van der Waals surface area (Å²) in [6.07, 6.45) is 5.83. The Morgan fingerprint density at radius 1 is 1.04 bits per heavy atom. The Morgan fingerprint density at radius 2 is 1.64 bits per heavy atom. The van der Waals surface area contributed by atoms with Crippen LogP contribution in [0.5, 0.6) is 0 Å². The molecule has 0 N–H and O–H groups in total. The minimum Gasteiger partial charge on any atom is -0.468 e. The van der Waals surface area contributed by atoms with Crippen LogP contribution in [0, 0.1) is 11.8 Å². The maximum atomic E-state index is 13.4. The summed E-state index contributed by atoms with van der Waals surface area (Å²) in [5, 5.41) is 0. The van der Waals surface area contributed by atoms with Crippen molar-refractivity contribution in [2.75, 3.05) is 20.7 Å². The van der Waals surface area contributed by atoms with Crippen LogP contribution in [0.4, 0.5) is 0 Å². The number of hydrogen-bond donors (Lipinski definition) is 0. The Morgan fingerprint density at radius 3 is 2.18 bits per heavy atom. The molecule has 28 heavy (non-hydrogen) atoms. The molecule has 2 aromatic rings. The Labute approximate surface area is 168 Å². The van der Waals surface area contributed by atoms with Crippen molar-refractivity contribution in [2.45, 2.75) is 43.6 Å². The highest BCUT2D eigenvalue weighted by Gasteiger charge is 2.48. The van der Waals surface area contributed by atoms with Crippen molar-refractivity contribution in [1.82, 2.24) is 4.90 Å². The highest BCUT2D eigenvalue weighted by Crippen LogP contribution is 2.47. The van der Waals surface area contributed by atoms with Crippen LogP contribution in [0.25, 0.3) is 0 Å². The van der Waals surface area contributed by atoms with Crippen molar-refractivity contribution in [3.63, 3.8) is 0 Å². The van der Waals surface area contributed by atoms with Gasteiger partial charge in [0.15, 0.2) is 0 Å². The summed E-state index contributed by atoms with van der Waals surface area (Å²) >= 11 is 0. The molecule has 2 aromatic carbocycles. The van der Waals surface area contributed by atoms with Gasteiger partial charge in [-0.05, 0) is 68.7 Å². The van der Waals surface area contributed by atoms with Gasteiger partial charge in [0.2, 0.25) is 0 Å². The second-order valence-electron chi connectivity index (χ2n) is 8.62. The Balaban J connectivity index is 1.74. The van der Waals surface area contributed by atoms with E-state index in [2.05, 4.69) is 36.2 Å². The molecule has 0 amide bonds. The van der Waals surface area contributed by atoms with Crippen LogP contribution in [0.1, 0.15) is 43.2 Å². The predicted molar refractivity (Wildman–Crippen MR) is 112 cm³/mol. The molecule has 148 valence electrons. The summed E-state index contributed by atoms with van der Waals surface area (Å²) in [5.74, 6) is 1.15. The SMILES string of the molecule is COC(=O)C(CC1CC2CCCN(C)C2C1)(c1ccccc1)c1ccccc1. The van der Waals surface area contributed by atoms with Gasteiger partial charge in [0, 0.05) is 6.04 Å². The number of fused-ring (bicyclic) bond motifs is 1. The number of likely N-dealkylation sites (tertiary alicyclic amines) is 1. The van der Waals surface area contributed by atoms with Crippen LogP contribution >= 0.6 is 0 Å². The van der Waals surface area contributed by atoms with Crippen LogP contribution in [0.3, 0.4) is 0 Å². The van der Waals surface area contributed by atoms with Gasteiger partial charge in [-0.15, -0.1) is 0 Å². The summed E-state index contributed by atoms with van der Waals surface area (Å²) in [6, 6.07) is 21.1. The van der Waals surface area contributed by atoms with Crippen LogP contribution < -0.4 is 0 Å². The van der Waals surface area contributed by atoms with Gasteiger partial charge in [-0.3, -0.25) is 4.79 Å². The molecule has 1 heterocycles. The number of benzene rings is 2. The Bertz CT molecular complexity index is 749. The topological polar surface area (TPSA) is 29.5 Å². The second-order valence-corrected chi connectivity index (χ2v) is 8.62. The number of esters is 1. The largest absolute Gasteiger partial charge is 0.468 e. The Kier molecular flexibility index (Phi) is 5.54. The lowest BCUT2D eigenvalue weighted by Crippen LogP contribution is -2.40. The summed E-state index contributed by atoms with van der Waals surface area (Å²) in [4.78, 5) is 15.9. The normalized spacial score (nSPS) is 25.3. The molecule has 2 fully saturated rings. The van der Waals surface area contributed by atoms with E-state index in [1.807, 2.05) is 36.4 Å². The molecule has 3 unspecified atom stereocenters. The van der Waals surface area contributed by atoms with E-state index >= 15 is 0 Å². The lowest BCUT2D eigenvalue weighted by atomic mass is 9.68. The maximum absolute atomic E-state index is 13.4. The average molecular weight is 378 g/mol. The number of nitrogens with zero attached hydrogens (tertiary/aromatic N) is 1. The standard InChI is InChI=1S/C25H31NO2/c1-26-15-9-10-20-16-19(17-23(20)26)18-25(24(27)28-2,21-11-5-3-6-12-21)22-13-7-4-8-14-22/h3-8,11-14,19-20,23H,9-10,15-18H2,1-2H3. The molecule has 0 aromatic heterocycles. The molecule has 1 aliphatic heterocycles. The minimum absolute atomic E-state index is 0.145. The molecule has 3 nitrogen and oxygen atoms in total.